The Kier molecular flexibility index (Phi) is 3.92. The molecule has 1 aromatic carbocycles. The quantitative estimate of drug-likeness (QED) is 0.855. The first-order valence-electron chi connectivity index (χ1n) is 6.02. The van der Waals surface area contributed by atoms with E-state index < -0.39 is 11.7 Å². The molecule has 5 heteroatoms. The van der Waals surface area contributed by atoms with Crippen molar-refractivity contribution in [2.75, 3.05) is 13.2 Å². The van der Waals surface area contributed by atoms with Crippen molar-refractivity contribution in [2.45, 2.75) is 31.0 Å². The van der Waals surface area contributed by atoms with Crippen LogP contribution in [-0.4, -0.2) is 24.3 Å². The standard InChI is InChI=1S/C13H16F3NO/c14-13(15,16)11-4-1-9(2-5-11)10-3-6-12(8-18)17-7-10/h1-2,4-5,10,12,17-18H,3,6-8H2/t10?,12-/m1/s1. The summed E-state index contributed by atoms with van der Waals surface area (Å²) in [5.74, 6) is 0.232. The van der Waals surface area contributed by atoms with Crippen LogP contribution in [0.25, 0.3) is 0 Å². The van der Waals surface area contributed by atoms with E-state index in [0.717, 1.165) is 30.5 Å². The molecule has 1 aliphatic heterocycles. The van der Waals surface area contributed by atoms with Crippen molar-refractivity contribution in [3.63, 3.8) is 0 Å². The lowest BCUT2D eigenvalue weighted by Crippen LogP contribution is -2.40. The van der Waals surface area contributed by atoms with Crippen molar-refractivity contribution in [3.8, 4) is 0 Å². The summed E-state index contributed by atoms with van der Waals surface area (Å²) in [5.41, 5.74) is 0.315. The first-order valence-corrected chi connectivity index (χ1v) is 6.02. The van der Waals surface area contributed by atoms with Gasteiger partial charge in [0.25, 0.3) is 0 Å². The molecule has 1 fully saturated rings. The zero-order valence-corrected chi connectivity index (χ0v) is 9.87. The fraction of sp³-hybridized carbons (Fsp3) is 0.538. The van der Waals surface area contributed by atoms with Gasteiger partial charge in [-0.2, -0.15) is 13.2 Å². The molecule has 2 nitrogen and oxygen atoms in total. The number of alkyl halides is 3. The Morgan fingerprint density at radius 1 is 1.17 bits per heavy atom. The second kappa shape index (κ2) is 5.28. The van der Waals surface area contributed by atoms with Crippen LogP contribution in [0.1, 0.15) is 29.9 Å². The van der Waals surface area contributed by atoms with Crippen molar-refractivity contribution >= 4 is 0 Å². The summed E-state index contributed by atoms with van der Waals surface area (Å²) in [7, 11) is 0. The van der Waals surface area contributed by atoms with Gasteiger partial charge in [0.1, 0.15) is 0 Å². The smallest absolute Gasteiger partial charge is 0.395 e. The number of benzene rings is 1. The third-order valence-corrected chi connectivity index (χ3v) is 3.45. The van der Waals surface area contributed by atoms with E-state index in [0.29, 0.717) is 6.54 Å². The van der Waals surface area contributed by atoms with E-state index in [1.807, 2.05) is 0 Å². The second-order valence-corrected chi connectivity index (χ2v) is 4.68. The van der Waals surface area contributed by atoms with E-state index >= 15 is 0 Å². The molecule has 1 aromatic rings. The number of nitrogens with one attached hydrogen (secondary N) is 1. The lowest BCUT2D eigenvalue weighted by atomic mass is 9.88. The van der Waals surface area contributed by atoms with Crippen LogP contribution in [0, 0.1) is 0 Å². The van der Waals surface area contributed by atoms with Gasteiger partial charge in [-0.25, -0.2) is 0 Å². The van der Waals surface area contributed by atoms with Gasteiger partial charge in [-0.3, -0.25) is 0 Å². The Hall–Kier alpha value is -1.07. The Bertz CT molecular complexity index is 380. The van der Waals surface area contributed by atoms with Crippen molar-refractivity contribution < 1.29 is 18.3 Å². The molecule has 1 aliphatic rings. The van der Waals surface area contributed by atoms with Crippen LogP contribution in [0.4, 0.5) is 13.2 Å². The Morgan fingerprint density at radius 2 is 1.83 bits per heavy atom. The predicted octanol–water partition coefficient (Wildman–Crippen LogP) is 2.53. The molecule has 2 rings (SSSR count). The van der Waals surface area contributed by atoms with Gasteiger partial charge in [0.05, 0.1) is 12.2 Å². The second-order valence-electron chi connectivity index (χ2n) is 4.68. The molecule has 0 saturated carbocycles. The number of hydrogen-bond donors (Lipinski definition) is 2. The molecule has 0 aromatic heterocycles. The first-order chi connectivity index (χ1) is 8.50. The number of piperidine rings is 1. The molecule has 2 atom stereocenters. The molecule has 100 valence electrons. The fourth-order valence-electron chi connectivity index (χ4n) is 2.30. The van der Waals surface area contributed by atoms with Crippen LogP contribution in [0.3, 0.4) is 0 Å². The lowest BCUT2D eigenvalue weighted by molar-refractivity contribution is -0.137. The molecular formula is C13H16F3NO. The van der Waals surface area contributed by atoms with E-state index in [1.165, 1.54) is 0 Å². The van der Waals surface area contributed by atoms with Crippen LogP contribution >= 0.6 is 0 Å². The molecule has 18 heavy (non-hydrogen) atoms. The highest BCUT2D eigenvalue weighted by atomic mass is 19.4. The summed E-state index contributed by atoms with van der Waals surface area (Å²) in [4.78, 5) is 0. The van der Waals surface area contributed by atoms with Gasteiger partial charge in [-0.05, 0) is 36.5 Å². The maximum absolute atomic E-state index is 12.4. The Labute approximate surface area is 104 Å². The molecule has 2 N–H and O–H groups in total. The SMILES string of the molecule is OC[C@H]1CCC(c2ccc(C(F)(F)F)cc2)CN1. The van der Waals surface area contributed by atoms with E-state index in [2.05, 4.69) is 5.32 Å². The number of aliphatic hydroxyl groups is 1. The van der Waals surface area contributed by atoms with Gasteiger partial charge in [-0.1, -0.05) is 12.1 Å². The van der Waals surface area contributed by atoms with Crippen molar-refractivity contribution in [2.24, 2.45) is 0 Å². The summed E-state index contributed by atoms with van der Waals surface area (Å²) in [6, 6.07) is 5.49. The van der Waals surface area contributed by atoms with E-state index in [4.69, 9.17) is 5.11 Å². The van der Waals surface area contributed by atoms with Gasteiger partial charge in [0.2, 0.25) is 0 Å². The largest absolute Gasteiger partial charge is 0.416 e. The monoisotopic (exact) mass is 259 g/mol. The Balaban J connectivity index is 2.02. The molecule has 1 saturated heterocycles. The summed E-state index contributed by atoms with van der Waals surface area (Å²) in [5, 5.41) is 12.2. The van der Waals surface area contributed by atoms with E-state index in [9.17, 15) is 13.2 Å². The minimum Gasteiger partial charge on any atom is -0.395 e. The minimum absolute atomic E-state index is 0.111. The summed E-state index contributed by atoms with van der Waals surface area (Å²) in [6.07, 6.45) is -2.53. The topological polar surface area (TPSA) is 32.3 Å². The van der Waals surface area contributed by atoms with Crippen LogP contribution in [-0.2, 0) is 6.18 Å². The maximum Gasteiger partial charge on any atom is 0.416 e. The first kappa shape index (κ1) is 13.4. The van der Waals surface area contributed by atoms with Gasteiger partial charge < -0.3 is 10.4 Å². The Morgan fingerprint density at radius 3 is 2.28 bits per heavy atom. The van der Waals surface area contributed by atoms with Crippen molar-refractivity contribution in [1.82, 2.24) is 5.32 Å². The average Bonchev–Trinajstić information content (AvgIpc) is 2.38. The average molecular weight is 259 g/mol. The van der Waals surface area contributed by atoms with E-state index in [1.54, 1.807) is 12.1 Å². The predicted molar refractivity (Wildman–Crippen MR) is 62.3 cm³/mol. The van der Waals surface area contributed by atoms with Gasteiger partial charge >= 0.3 is 6.18 Å². The minimum atomic E-state index is -4.27. The summed E-state index contributed by atoms with van der Waals surface area (Å²) >= 11 is 0. The highest BCUT2D eigenvalue weighted by molar-refractivity contribution is 5.27. The third kappa shape index (κ3) is 3.03. The van der Waals surface area contributed by atoms with Crippen LogP contribution in [0.15, 0.2) is 24.3 Å². The number of aliphatic hydroxyl groups excluding tert-OH is 1. The van der Waals surface area contributed by atoms with Crippen LogP contribution in [0.5, 0.6) is 0 Å². The highest BCUT2D eigenvalue weighted by Crippen LogP contribution is 2.31. The lowest BCUT2D eigenvalue weighted by Gasteiger charge is -2.29. The third-order valence-electron chi connectivity index (χ3n) is 3.45. The van der Waals surface area contributed by atoms with Crippen LogP contribution in [0.2, 0.25) is 0 Å². The molecular weight excluding hydrogens is 243 g/mol. The van der Waals surface area contributed by atoms with Crippen molar-refractivity contribution in [3.05, 3.63) is 35.4 Å². The molecule has 0 amide bonds. The fourth-order valence-corrected chi connectivity index (χ4v) is 2.30. The molecule has 0 spiro atoms. The van der Waals surface area contributed by atoms with Gasteiger partial charge in [-0.15, -0.1) is 0 Å². The molecule has 0 radical (unpaired) electrons. The normalized spacial score (nSPS) is 25.1. The number of rotatable bonds is 2. The van der Waals surface area contributed by atoms with Crippen molar-refractivity contribution in [1.29, 1.82) is 0 Å². The van der Waals surface area contributed by atoms with Gasteiger partial charge in [0, 0.05) is 12.6 Å². The van der Waals surface area contributed by atoms with Crippen LogP contribution < -0.4 is 5.32 Å². The highest BCUT2D eigenvalue weighted by Gasteiger charge is 2.30. The van der Waals surface area contributed by atoms with Gasteiger partial charge in [0.15, 0.2) is 0 Å². The number of hydrogen-bond acceptors (Lipinski definition) is 2. The summed E-state index contributed by atoms with van der Waals surface area (Å²) < 4.78 is 37.3. The zero-order chi connectivity index (χ0) is 13.2. The summed E-state index contributed by atoms with van der Waals surface area (Å²) in [6.45, 7) is 0.816. The molecule has 0 bridgehead atoms. The zero-order valence-electron chi connectivity index (χ0n) is 9.87. The molecule has 1 heterocycles. The number of halogens is 3. The molecule has 1 unspecified atom stereocenters. The maximum atomic E-state index is 12.4. The van der Waals surface area contributed by atoms with E-state index in [-0.39, 0.29) is 18.6 Å². The molecule has 0 aliphatic carbocycles.